The van der Waals surface area contributed by atoms with Crippen LogP contribution in [0.2, 0.25) is 0 Å². The molecule has 0 heterocycles. The Morgan fingerprint density at radius 2 is 1.73 bits per heavy atom. The SMILES string of the molecule is CCN(CC)c1ccc(C(COc2ccc(C(=O)O)c(O)c2)=NS(C)(=O)=O)cc1C(C)(C)C. The standard InChI is InChI=1S/C24H32N2O6S/c1-7-26(8-2)21-12-9-16(13-19(21)24(3,4)5)20(25-33(6,30)31)15-32-17-10-11-18(23(28)29)22(27)14-17/h9-14,27H,7-8,15H2,1-6H3,(H,28,29). The molecule has 2 aromatic carbocycles. The monoisotopic (exact) mass is 476 g/mol. The molecular weight excluding hydrogens is 444 g/mol. The average molecular weight is 477 g/mol. The smallest absolute Gasteiger partial charge is 0.339 e. The highest BCUT2D eigenvalue weighted by molar-refractivity contribution is 7.89. The van der Waals surface area contributed by atoms with Gasteiger partial charge in [0.25, 0.3) is 10.0 Å². The van der Waals surface area contributed by atoms with Gasteiger partial charge in [0, 0.05) is 30.4 Å². The summed E-state index contributed by atoms with van der Waals surface area (Å²) >= 11 is 0. The number of aromatic carboxylic acids is 1. The van der Waals surface area contributed by atoms with Crippen LogP contribution in [-0.2, 0) is 15.4 Å². The molecule has 0 saturated heterocycles. The van der Waals surface area contributed by atoms with E-state index < -0.39 is 21.7 Å². The molecule has 0 spiro atoms. The molecule has 0 atom stereocenters. The van der Waals surface area contributed by atoms with Crippen molar-refractivity contribution in [2.24, 2.45) is 4.40 Å². The molecule has 0 bridgehead atoms. The second-order valence-electron chi connectivity index (χ2n) is 8.70. The van der Waals surface area contributed by atoms with E-state index >= 15 is 0 Å². The molecule has 8 nitrogen and oxygen atoms in total. The Kier molecular flexibility index (Phi) is 8.13. The molecule has 2 N–H and O–H groups in total. The molecule has 0 aliphatic rings. The molecular formula is C24H32N2O6S. The summed E-state index contributed by atoms with van der Waals surface area (Å²) in [6, 6.07) is 9.51. The van der Waals surface area contributed by atoms with Gasteiger partial charge in [-0.1, -0.05) is 26.8 Å². The van der Waals surface area contributed by atoms with E-state index in [0.29, 0.717) is 5.56 Å². The highest BCUT2D eigenvalue weighted by atomic mass is 32.2. The number of carboxylic acids is 1. The van der Waals surface area contributed by atoms with E-state index in [1.54, 1.807) is 0 Å². The number of ether oxygens (including phenoxy) is 1. The summed E-state index contributed by atoms with van der Waals surface area (Å²) in [6.45, 7) is 11.9. The van der Waals surface area contributed by atoms with E-state index in [4.69, 9.17) is 9.84 Å². The van der Waals surface area contributed by atoms with Crippen LogP contribution in [0.1, 0.15) is 56.1 Å². The normalized spacial score (nSPS) is 12.5. The lowest BCUT2D eigenvalue weighted by Crippen LogP contribution is -2.27. The Hall–Kier alpha value is -3.07. The van der Waals surface area contributed by atoms with E-state index in [1.807, 2.05) is 18.2 Å². The molecule has 33 heavy (non-hydrogen) atoms. The quantitative estimate of drug-likeness (QED) is 0.524. The van der Waals surface area contributed by atoms with Crippen molar-refractivity contribution in [1.82, 2.24) is 0 Å². The van der Waals surface area contributed by atoms with Gasteiger partial charge in [0.05, 0.1) is 12.0 Å². The van der Waals surface area contributed by atoms with Gasteiger partial charge in [0.2, 0.25) is 0 Å². The molecule has 180 valence electrons. The van der Waals surface area contributed by atoms with Crippen molar-refractivity contribution in [2.75, 3.05) is 30.9 Å². The maximum atomic E-state index is 12.0. The maximum absolute atomic E-state index is 12.0. The number of anilines is 1. The minimum Gasteiger partial charge on any atom is -0.507 e. The second kappa shape index (κ2) is 10.2. The maximum Gasteiger partial charge on any atom is 0.339 e. The van der Waals surface area contributed by atoms with Crippen molar-refractivity contribution < 1.29 is 28.2 Å². The molecule has 0 saturated carbocycles. The first-order valence-corrected chi connectivity index (χ1v) is 12.5. The number of carbonyl (C=O) groups is 1. The van der Waals surface area contributed by atoms with E-state index in [9.17, 15) is 18.3 Å². The number of benzene rings is 2. The number of carboxylic acid groups (broad SMARTS) is 1. The summed E-state index contributed by atoms with van der Waals surface area (Å²) in [5.74, 6) is -1.52. The molecule has 0 radical (unpaired) electrons. The third kappa shape index (κ3) is 6.95. The van der Waals surface area contributed by atoms with Gasteiger partial charge < -0.3 is 19.8 Å². The van der Waals surface area contributed by atoms with Crippen LogP contribution in [0.4, 0.5) is 5.69 Å². The van der Waals surface area contributed by atoms with Crippen LogP contribution in [0.3, 0.4) is 0 Å². The minimum absolute atomic E-state index is 0.187. The number of aromatic hydroxyl groups is 1. The minimum atomic E-state index is -3.72. The van der Waals surface area contributed by atoms with Crippen molar-refractivity contribution in [1.29, 1.82) is 0 Å². The predicted octanol–water partition coefficient (Wildman–Crippen LogP) is 4.06. The largest absolute Gasteiger partial charge is 0.507 e. The van der Waals surface area contributed by atoms with Gasteiger partial charge in [-0.05, 0) is 49.1 Å². The lowest BCUT2D eigenvalue weighted by Gasteiger charge is -2.30. The van der Waals surface area contributed by atoms with Crippen molar-refractivity contribution in [3.8, 4) is 11.5 Å². The Labute approximate surface area is 195 Å². The van der Waals surface area contributed by atoms with Crippen molar-refractivity contribution in [3.05, 3.63) is 53.1 Å². The number of phenols is 1. The van der Waals surface area contributed by atoms with E-state index in [-0.39, 0.29) is 29.0 Å². The fourth-order valence-corrected chi connectivity index (χ4v) is 4.01. The highest BCUT2D eigenvalue weighted by Crippen LogP contribution is 2.33. The number of sulfonamides is 1. The highest BCUT2D eigenvalue weighted by Gasteiger charge is 2.22. The van der Waals surface area contributed by atoms with Crippen molar-refractivity contribution in [2.45, 2.75) is 40.0 Å². The van der Waals surface area contributed by atoms with Crippen LogP contribution >= 0.6 is 0 Å². The summed E-state index contributed by atoms with van der Waals surface area (Å²) in [6.07, 6.45) is 1.01. The molecule has 9 heteroatoms. The van der Waals surface area contributed by atoms with Crippen LogP contribution in [-0.4, -0.2) is 56.3 Å². The molecule has 2 rings (SSSR count). The average Bonchev–Trinajstić information content (AvgIpc) is 2.70. The van der Waals surface area contributed by atoms with Crippen molar-refractivity contribution >= 4 is 27.4 Å². The summed E-state index contributed by atoms with van der Waals surface area (Å²) in [5, 5.41) is 18.9. The lowest BCUT2D eigenvalue weighted by molar-refractivity contribution is 0.0693. The Morgan fingerprint density at radius 3 is 2.21 bits per heavy atom. The molecule has 0 aliphatic heterocycles. The molecule has 0 amide bonds. The number of hydrogen-bond donors (Lipinski definition) is 2. The zero-order valence-corrected chi connectivity index (χ0v) is 20.7. The topological polar surface area (TPSA) is 116 Å². The summed E-state index contributed by atoms with van der Waals surface area (Å²) < 4.78 is 33.6. The van der Waals surface area contributed by atoms with Crippen LogP contribution in [0.5, 0.6) is 11.5 Å². The van der Waals surface area contributed by atoms with Gasteiger partial charge in [0.15, 0.2) is 0 Å². The van der Waals surface area contributed by atoms with E-state index in [1.165, 1.54) is 18.2 Å². The summed E-state index contributed by atoms with van der Waals surface area (Å²) in [5.41, 5.74) is 2.47. The first-order valence-electron chi connectivity index (χ1n) is 10.6. The lowest BCUT2D eigenvalue weighted by atomic mass is 9.84. The van der Waals surface area contributed by atoms with Crippen LogP contribution < -0.4 is 9.64 Å². The Balaban J connectivity index is 2.49. The fourth-order valence-electron chi connectivity index (χ4n) is 3.45. The third-order valence-electron chi connectivity index (χ3n) is 5.09. The van der Waals surface area contributed by atoms with Gasteiger partial charge in [-0.3, -0.25) is 0 Å². The van der Waals surface area contributed by atoms with Gasteiger partial charge in [-0.2, -0.15) is 4.40 Å². The Morgan fingerprint density at radius 1 is 1.09 bits per heavy atom. The van der Waals surface area contributed by atoms with Crippen LogP contribution in [0, 0.1) is 0 Å². The van der Waals surface area contributed by atoms with Gasteiger partial charge in [-0.25, -0.2) is 13.2 Å². The summed E-state index contributed by atoms with van der Waals surface area (Å²) in [7, 11) is -3.72. The van der Waals surface area contributed by atoms with E-state index in [2.05, 4.69) is 43.9 Å². The summed E-state index contributed by atoms with van der Waals surface area (Å²) in [4.78, 5) is 13.3. The van der Waals surface area contributed by atoms with Gasteiger partial charge >= 0.3 is 5.97 Å². The zero-order chi connectivity index (χ0) is 25.0. The molecule has 0 fully saturated rings. The van der Waals surface area contributed by atoms with Crippen LogP contribution in [0.15, 0.2) is 40.8 Å². The predicted molar refractivity (Wildman–Crippen MR) is 131 cm³/mol. The van der Waals surface area contributed by atoms with Gasteiger partial charge in [0.1, 0.15) is 23.7 Å². The molecule has 0 aromatic heterocycles. The first kappa shape index (κ1) is 26.2. The number of rotatable bonds is 9. The molecule has 2 aromatic rings. The first-order chi connectivity index (χ1) is 15.3. The zero-order valence-electron chi connectivity index (χ0n) is 19.9. The van der Waals surface area contributed by atoms with Crippen LogP contribution in [0.25, 0.3) is 0 Å². The Bertz CT molecular complexity index is 1150. The number of hydrogen-bond acceptors (Lipinski definition) is 6. The fraction of sp³-hybridized carbons (Fsp3) is 0.417. The van der Waals surface area contributed by atoms with E-state index in [0.717, 1.165) is 30.6 Å². The molecule has 0 unspecified atom stereocenters. The number of nitrogens with zero attached hydrogens (tertiary/aromatic N) is 2. The van der Waals surface area contributed by atoms with Crippen molar-refractivity contribution in [3.63, 3.8) is 0 Å². The third-order valence-corrected chi connectivity index (χ3v) is 5.65. The second-order valence-corrected chi connectivity index (χ2v) is 10.3. The van der Waals surface area contributed by atoms with Gasteiger partial charge in [-0.15, -0.1) is 0 Å². The molecule has 0 aliphatic carbocycles.